The molecule has 1 aliphatic heterocycles. The zero-order valence-electron chi connectivity index (χ0n) is 11.2. The van der Waals surface area contributed by atoms with Crippen LogP contribution in [0.3, 0.4) is 0 Å². The first-order valence-electron chi connectivity index (χ1n) is 6.65. The Hall–Kier alpha value is -1.35. The fourth-order valence-electron chi connectivity index (χ4n) is 2.48. The zero-order valence-corrected chi connectivity index (χ0v) is 11.2. The largest absolute Gasteiger partial charge is 0.338 e. The molecule has 1 aliphatic rings. The van der Waals surface area contributed by atoms with Crippen molar-refractivity contribution in [3.05, 3.63) is 35.4 Å². The lowest BCUT2D eigenvalue weighted by Crippen LogP contribution is -2.25. The Morgan fingerprint density at radius 2 is 2.11 bits per heavy atom. The van der Waals surface area contributed by atoms with E-state index < -0.39 is 0 Å². The Morgan fingerprint density at radius 3 is 2.72 bits per heavy atom. The Morgan fingerprint density at radius 1 is 1.39 bits per heavy atom. The molecule has 2 N–H and O–H groups in total. The van der Waals surface area contributed by atoms with E-state index in [4.69, 9.17) is 5.73 Å². The topological polar surface area (TPSA) is 46.3 Å². The van der Waals surface area contributed by atoms with Crippen molar-refractivity contribution in [1.82, 2.24) is 4.90 Å². The summed E-state index contributed by atoms with van der Waals surface area (Å²) in [6.45, 7) is 6.54. The summed E-state index contributed by atoms with van der Waals surface area (Å²) in [6.07, 6.45) is 0.703. The van der Waals surface area contributed by atoms with Crippen molar-refractivity contribution in [2.24, 2.45) is 17.6 Å². The highest BCUT2D eigenvalue weighted by atomic mass is 16.2. The van der Waals surface area contributed by atoms with Gasteiger partial charge in [0, 0.05) is 26.1 Å². The molecule has 0 bridgehead atoms. The van der Waals surface area contributed by atoms with Crippen LogP contribution in [0.1, 0.15) is 31.4 Å². The third-order valence-electron chi connectivity index (χ3n) is 3.79. The van der Waals surface area contributed by atoms with Crippen LogP contribution in [0.15, 0.2) is 24.3 Å². The van der Waals surface area contributed by atoms with E-state index >= 15 is 0 Å². The van der Waals surface area contributed by atoms with E-state index in [0.717, 1.165) is 18.7 Å². The molecular weight excluding hydrogens is 224 g/mol. The fraction of sp³-hybridized carbons (Fsp3) is 0.533. The second-order valence-corrected chi connectivity index (χ2v) is 5.51. The highest BCUT2D eigenvalue weighted by Gasteiger charge is 2.31. The Balaban J connectivity index is 2.03. The number of benzene rings is 1. The first-order valence-corrected chi connectivity index (χ1v) is 6.65. The molecule has 1 aromatic carbocycles. The molecule has 1 amide bonds. The van der Waals surface area contributed by atoms with Crippen LogP contribution < -0.4 is 5.73 Å². The van der Waals surface area contributed by atoms with Gasteiger partial charge in [-0.2, -0.15) is 0 Å². The van der Waals surface area contributed by atoms with Gasteiger partial charge in [0.15, 0.2) is 0 Å². The van der Waals surface area contributed by atoms with Crippen molar-refractivity contribution >= 4 is 5.91 Å². The van der Waals surface area contributed by atoms with E-state index in [1.165, 1.54) is 5.56 Å². The average Bonchev–Trinajstić information content (AvgIpc) is 2.71. The van der Waals surface area contributed by atoms with Gasteiger partial charge < -0.3 is 10.6 Å². The van der Waals surface area contributed by atoms with Gasteiger partial charge in [-0.05, 0) is 23.0 Å². The fourth-order valence-corrected chi connectivity index (χ4v) is 2.48. The molecule has 1 atom stereocenters. The van der Waals surface area contributed by atoms with E-state index in [9.17, 15) is 4.79 Å². The van der Waals surface area contributed by atoms with Crippen molar-refractivity contribution in [1.29, 1.82) is 0 Å². The van der Waals surface area contributed by atoms with Crippen LogP contribution in [-0.2, 0) is 17.9 Å². The predicted molar refractivity (Wildman–Crippen MR) is 72.7 cm³/mol. The lowest BCUT2D eigenvalue weighted by atomic mass is 9.95. The van der Waals surface area contributed by atoms with Crippen LogP contribution in [0.4, 0.5) is 0 Å². The number of carbonyl (C=O) groups excluding carboxylic acids is 1. The third kappa shape index (κ3) is 2.91. The van der Waals surface area contributed by atoms with Gasteiger partial charge >= 0.3 is 0 Å². The molecular formula is C15H22N2O. The number of hydrogen-bond acceptors (Lipinski definition) is 2. The van der Waals surface area contributed by atoms with Gasteiger partial charge in [0.05, 0.1) is 0 Å². The van der Waals surface area contributed by atoms with Gasteiger partial charge in [0.25, 0.3) is 0 Å². The zero-order chi connectivity index (χ0) is 13.1. The minimum Gasteiger partial charge on any atom is -0.338 e. The van der Waals surface area contributed by atoms with Gasteiger partial charge in [-0.3, -0.25) is 4.79 Å². The van der Waals surface area contributed by atoms with E-state index in [2.05, 4.69) is 26.0 Å². The maximum Gasteiger partial charge on any atom is 0.223 e. The summed E-state index contributed by atoms with van der Waals surface area (Å²) in [5.74, 6) is 1.37. The summed E-state index contributed by atoms with van der Waals surface area (Å²) >= 11 is 0. The Kier molecular flexibility index (Phi) is 4.02. The second-order valence-electron chi connectivity index (χ2n) is 5.51. The second kappa shape index (κ2) is 5.53. The average molecular weight is 246 g/mol. The number of hydrogen-bond donors (Lipinski definition) is 1. The van der Waals surface area contributed by atoms with Crippen LogP contribution in [0, 0.1) is 11.8 Å². The number of nitrogens with two attached hydrogens (primary N) is 1. The first-order chi connectivity index (χ1) is 8.60. The highest BCUT2D eigenvalue weighted by molar-refractivity contribution is 5.78. The summed E-state index contributed by atoms with van der Waals surface area (Å²) in [4.78, 5) is 13.9. The summed E-state index contributed by atoms with van der Waals surface area (Å²) in [5.41, 5.74) is 7.94. The quantitative estimate of drug-likeness (QED) is 0.885. The van der Waals surface area contributed by atoms with Gasteiger partial charge in [-0.1, -0.05) is 38.1 Å². The smallest absolute Gasteiger partial charge is 0.223 e. The standard InChI is InChI=1S/C15H22N2O/c1-11(2)14-7-15(18)17(10-14)9-13-5-3-4-12(6-13)8-16/h3-6,11,14H,7-10,16H2,1-2H3. The van der Waals surface area contributed by atoms with Crippen molar-refractivity contribution < 1.29 is 4.79 Å². The summed E-state index contributed by atoms with van der Waals surface area (Å²) in [7, 11) is 0. The molecule has 0 aliphatic carbocycles. The van der Waals surface area contributed by atoms with Crippen molar-refractivity contribution in [3.63, 3.8) is 0 Å². The molecule has 0 aromatic heterocycles. The van der Waals surface area contributed by atoms with Crippen molar-refractivity contribution in [2.75, 3.05) is 6.54 Å². The first kappa shape index (κ1) is 13.1. The van der Waals surface area contributed by atoms with E-state index in [1.807, 2.05) is 17.0 Å². The predicted octanol–water partition coefficient (Wildman–Crippen LogP) is 2.15. The van der Waals surface area contributed by atoms with Gasteiger partial charge in [-0.15, -0.1) is 0 Å². The molecule has 1 aromatic rings. The molecule has 0 spiro atoms. The SMILES string of the molecule is CC(C)C1CC(=O)N(Cc2cccc(CN)c2)C1. The number of rotatable bonds is 4. The molecule has 18 heavy (non-hydrogen) atoms. The van der Waals surface area contributed by atoms with E-state index in [0.29, 0.717) is 24.8 Å². The molecule has 1 heterocycles. The van der Waals surface area contributed by atoms with Gasteiger partial charge in [0.2, 0.25) is 5.91 Å². The monoisotopic (exact) mass is 246 g/mol. The van der Waals surface area contributed by atoms with Crippen molar-refractivity contribution in [3.8, 4) is 0 Å². The molecule has 3 nitrogen and oxygen atoms in total. The summed E-state index contributed by atoms with van der Waals surface area (Å²) < 4.78 is 0. The normalized spacial score (nSPS) is 19.9. The van der Waals surface area contributed by atoms with Crippen LogP contribution in [-0.4, -0.2) is 17.4 Å². The van der Waals surface area contributed by atoms with Gasteiger partial charge in [0.1, 0.15) is 0 Å². The van der Waals surface area contributed by atoms with E-state index in [-0.39, 0.29) is 5.91 Å². The van der Waals surface area contributed by atoms with Gasteiger partial charge in [-0.25, -0.2) is 0 Å². The van der Waals surface area contributed by atoms with Crippen molar-refractivity contribution in [2.45, 2.75) is 33.4 Å². The molecule has 2 rings (SSSR count). The molecule has 0 radical (unpaired) electrons. The Bertz CT molecular complexity index is 428. The highest BCUT2D eigenvalue weighted by Crippen LogP contribution is 2.26. The number of likely N-dealkylation sites (tertiary alicyclic amines) is 1. The maximum atomic E-state index is 11.9. The number of nitrogens with zero attached hydrogens (tertiary/aromatic N) is 1. The lowest BCUT2D eigenvalue weighted by Gasteiger charge is -2.18. The molecule has 1 saturated heterocycles. The van der Waals surface area contributed by atoms with E-state index in [1.54, 1.807) is 0 Å². The van der Waals surface area contributed by atoms with Crippen LogP contribution in [0.25, 0.3) is 0 Å². The van der Waals surface area contributed by atoms with Crippen LogP contribution in [0.5, 0.6) is 0 Å². The third-order valence-corrected chi connectivity index (χ3v) is 3.79. The Labute approximate surface area is 109 Å². The molecule has 1 unspecified atom stereocenters. The minimum absolute atomic E-state index is 0.284. The molecule has 1 fully saturated rings. The lowest BCUT2D eigenvalue weighted by molar-refractivity contribution is -0.128. The molecule has 0 saturated carbocycles. The molecule has 3 heteroatoms. The van der Waals surface area contributed by atoms with Crippen LogP contribution in [0.2, 0.25) is 0 Å². The van der Waals surface area contributed by atoms with Crippen LogP contribution >= 0.6 is 0 Å². The summed E-state index contributed by atoms with van der Waals surface area (Å²) in [5, 5.41) is 0. The maximum absolute atomic E-state index is 11.9. The number of amides is 1. The molecule has 98 valence electrons. The number of carbonyl (C=O) groups is 1. The minimum atomic E-state index is 0.284. The summed E-state index contributed by atoms with van der Waals surface area (Å²) in [6, 6.07) is 8.19.